The minimum Gasteiger partial charge on any atom is -0.373 e. The first-order valence-corrected chi connectivity index (χ1v) is 7.47. The molecule has 0 spiro atoms. The molecule has 0 radical (unpaired) electrons. The maximum Gasteiger partial charge on any atom is 0.140 e. The first-order valence-electron chi connectivity index (χ1n) is 6.42. The molecule has 1 aromatic heterocycles. The summed E-state index contributed by atoms with van der Waals surface area (Å²) in [5.41, 5.74) is 2.61. The molecule has 1 atom stereocenters. The maximum atomic E-state index is 4.70. The van der Waals surface area contributed by atoms with Gasteiger partial charge in [0.05, 0.1) is 5.75 Å². The minimum atomic E-state index is 0.685. The lowest BCUT2D eigenvalue weighted by Crippen LogP contribution is -2.06. The van der Waals surface area contributed by atoms with E-state index in [0.29, 0.717) is 5.25 Å². The van der Waals surface area contributed by atoms with Gasteiger partial charge in [-0.2, -0.15) is 11.8 Å². The van der Waals surface area contributed by atoms with Gasteiger partial charge in [0.15, 0.2) is 0 Å². The van der Waals surface area contributed by atoms with Crippen molar-refractivity contribution >= 4 is 17.6 Å². The van der Waals surface area contributed by atoms with E-state index >= 15 is 0 Å². The van der Waals surface area contributed by atoms with Gasteiger partial charge in [0.1, 0.15) is 11.6 Å². The molecule has 0 saturated carbocycles. The van der Waals surface area contributed by atoms with Gasteiger partial charge in [-0.1, -0.05) is 13.8 Å². The van der Waals surface area contributed by atoms with Gasteiger partial charge in [0.2, 0.25) is 0 Å². The molecule has 2 rings (SSSR count). The zero-order chi connectivity index (χ0) is 12.3. The van der Waals surface area contributed by atoms with Gasteiger partial charge in [-0.05, 0) is 25.7 Å². The van der Waals surface area contributed by atoms with Crippen molar-refractivity contribution < 1.29 is 0 Å². The molecule has 0 amide bonds. The number of fused-ring (bicyclic) bond motifs is 1. The predicted molar refractivity (Wildman–Crippen MR) is 74.7 cm³/mol. The smallest absolute Gasteiger partial charge is 0.140 e. The predicted octanol–water partition coefficient (Wildman–Crippen LogP) is 3.04. The molecule has 1 aliphatic rings. The van der Waals surface area contributed by atoms with E-state index in [1.807, 2.05) is 18.8 Å². The van der Waals surface area contributed by atoms with Crippen molar-refractivity contribution in [1.29, 1.82) is 0 Å². The van der Waals surface area contributed by atoms with E-state index in [9.17, 15) is 0 Å². The summed E-state index contributed by atoms with van der Waals surface area (Å²) < 4.78 is 0. The number of hydrogen-bond acceptors (Lipinski definition) is 4. The molecule has 0 saturated heterocycles. The highest BCUT2D eigenvalue weighted by Crippen LogP contribution is 2.27. The SMILES string of the molecule is CCC(C)SCc1nc2c(c(NC)n1)CCC2. The van der Waals surface area contributed by atoms with Crippen LogP contribution in [0.1, 0.15) is 43.8 Å². The Morgan fingerprint density at radius 2 is 2.18 bits per heavy atom. The minimum absolute atomic E-state index is 0.685. The zero-order valence-corrected chi connectivity index (χ0v) is 11.7. The third-order valence-electron chi connectivity index (χ3n) is 3.29. The number of nitrogens with zero attached hydrogens (tertiary/aromatic N) is 2. The molecule has 1 aromatic rings. The monoisotopic (exact) mass is 251 g/mol. The van der Waals surface area contributed by atoms with Crippen molar-refractivity contribution in [3.05, 3.63) is 17.1 Å². The third kappa shape index (κ3) is 2.92. The second-order valence-corrected chi connectivity index (χ2v) is 5.97. The number of nitrogens with one attached hydrogen (secondary N) is 1. The number of hydrogen-bond donors (Lipinski definition) is 1. The first-order chi connectivity index (χ1) is 8.24. The molecule has 0 fully saturated rings. The van der Waals surface area contributed by atoms with Gasteiger partial charge in [-0.15, -0.1) is 0 Å². The Bertz CT molecular complexity index is 392. The molecular weight excluding hydrogens is 230 g/mol. The summed E-state index contributed by atoms with van der Waals surface area (Å²) in [7, 11) is 1.95. The summed E-state index contributed by atoms with van der Waals surface area (Å²) in [5.74, 6) is 2.96. The Morgan fingerprint density at radius 3 is 2.88 bits per heavy atom. The van der Waals surface area contributed by atoms with Crippen LogP contribution < -0.4 is 5.32 Å². The number of aromatic nitrogens is 2. The van der Waals surface area contributed by atoms with Gasteiger partial charge in [0, 0.05) is 23.6 Å². The van der Waals surface area contributed by atoms with Gasteiger partial charge in [0.25, 0.3) is 0 Å². The summed E-state index contributed by atoms with van der Waals surface area (Å²) in [4.78, 5) is 9.32. The fraction of sp³-hybridized carbons (Fsp3) is 0.692. The molecule has 17 heavy (non-hydrogen) atoms. The lowest BCUT2D eigenvalue weighted by atomic mass is 10.2. The number of thioether (sulfide) groups is 1. The Hall–Kier alpha value is -0.770. The van der Waals surface area contributed by atoms with Crippen molar-refractivity contribution in [1.82, 2.24) is 9.97 Å². The second kappa shape index (κ2) is 5.71. The molecule has 94 valence electrons. The molecule has 1 unspecified atom stereocenters. The molecular formula is C13H21N3S. The van der Waals surface area contributed by atoms with E-state index in [1.165, 1.54) is 24.1 Å². The average molecular weight is 251 g/mol. The lowest BCUT2D eigenvalue weighted by Gasteiger charge is -2.11. The molecule has 3 nitrogen and oxygen atoms in total. The number of anilines is 1. The van der Waals surface area contributed by atoms with E-state index in [2.05, 4.69) is 24.1 Å². The van der Waals surface area contributed by atoms with E-state index < -0.39 is 0 Å². The van der Waals surface area contributed by atoms with E-state index in [-0.39, 0.29) is 0 Å². The quantitative estimate of drug-likeness (QED) is 0.873. The summed E-state index contributed by atoms with van der Waals surface area (Å²) in [6.07, 6.45) is 4.67. The molecule has 1 heterocycles. The fourth-order valence-corrected chi connectivity index (χ4v) is 2.89. The average Bonchev–Trinajstić information content (AvgIpc) is 2.82. The molecule has 0 bridgehead atoms. The summed E-state index contributed by atoms with van der Waals surface area (Å²) in [5, 5.41) is 3.89. The van der Waals surface area contributed by atoms with Gasteiger partial charge in [-0.3, -0.25) is 0 Å². The van der Waals surface area contributed by atoms with Crippen LogP contribution >= 0.6 is 11.8 Å². The van der Waals surface area contributed by atoms with Crippen LogP contribution in [-0.4, -0.2) is 22.3 Å². The summed E-state index contributed by atoms with van der Waals surface area (Å²) in [6, 6.07) is 0. The van der Waals surface area contributed by atoms with Gasteiger partial charge < -0.3 is 5.32 Å². The van der Waals surface area contributed by atoms with Crippen molar-refractivity contribution in [3.63, 3.8) is 0 Å². The van der Waals surface area contributed by atoms with E-state index in [0.717, 1.165) is 30.2 Å². The van der Waals surface area contributed by atoms with Crippen LogP contribution in [0.3, 0.4) is 0 Å². The van der Waals surface area contributed by atoms with Crippen LogP contribution in [0.4, 0.5) is 5.82 Å². The fourth-order valence-electron chi connectivity index (χ4n) is 2.09. The Morgan fingerprint density at radius 1 is 1.35 bits per heavy atom. The third-order valence-corrected chi connectivity index (χ3v) is 4.62. The Balaban J connectivity index is 2.13. The number of aryl methyl sites for hydroxylation is 1. The maximum absolute atomic E-state index is 4.70. The van der Waals surface area contributed by atoms with Gasteiger partial charge >= 0.3 is 0 Å². The topological polar surface area (TPSA) is 37.8 Å². The molecule has 4 heteroatoms. The highest BCUT2D eigenvalue weighted by Gasteiger charge is 2.18. The van der Waals surface area contributed by atoms with Crippen LogP contribution in [0.15, 0.2) is 0 Å². The summed E-state index contributed by atoms with van der Waals surface area (Å²) >= 11 is 1.94. The Kier molecular flexibility index (Phi) is 4.26. The van der Waals surface area contributed by atoms with Crippen LogP contribution in [0.25, 0.3) is 0 Å². The summed E-state index contributed by atoms with van der Waals surface area (Å²) in [6.45, 7) is 4.48. The van der Waals surface area contributed by atoms with E-state index in [4.69, 9.17) is 4.98 Å². The van der Waals surface area contributed by atoms with Crippen LogP contribution in [0.2, 0.25) is 0 Å². The van der Waals surface area contributed by atoms with E-state index in [1.54, 1.807) is 0 Å². The Labute approximate surface area is 108 Å². The largest absolute Gasteiger partial charge is 0.373 e. The van der Waals surface area contributed by atoms with Crippen molar-refractivity contribution in [2.45, 2.75) is 50.5 Å². The van der Waals surface area contributed by atoms with Crippen molar-refractivity contribution in [3.8, 4) is 0 Å². The van der Waals surface area contributed by atoms with Crippen molar-refractivity contribution in [2.75, 3.05) is 12.4 Å². The highest BCUT2D eigenvalue weighted by molar-refractivity contribution is 7.99. The first kappa shape index (κ1) is 12.7. The molecule has 0 aliphatic heterocycles. The highest BCUT2D eigenvalue weighted by atomic mass is 32.2. The van der Waals surface area contributed by atoms with Crippen LogP contribution in [0.5, 0.6) is 0 Å². The molecule has 1 aliphatic carbocycles. The lowest BCUT2D eigenvalue weighted by molar-refractivity contribution is 0.888. The van der Waals surface area contributed by atoms with Crippen molar-refractivity contribution in [2.24, 2.45) is 0 Å². The molecule has 0 aromatic carbocycles. The van der Waals surface area contributed by atoms with Crippen LogP contribution in [0, 0.1) is 0 Å². The standard InChI is InChI=1S/C13H21N3S/c1-4-9(2)17-8-12-15-11-7-5-6-10(11)13(14-3)16-12/h9H,4-8H2,1-3H3,(H,14,15,16). The second-order valence-electron chi connectivity index (χ2n) is 4.55. The normalized spacial score (nSPS) is 15.7. The van der Waals surface area contributed by atoms with Crippen LogP contribution in [-0.2, 0) is 18.6 Å². The molecule has 1 N–H and O–H groups in total. The zero-order valence-electron chi connectivity index (χ0n) is 10.9. The number of rotatable bonds is 5. The van der Waals surface area contributed by atoms with Gasteiger partial charge in [-0.25, -0.2) is 9.97 Å².